The van der Waals surface area contributed by atoms with Crippen LogP contribution in [0.3, 0.4) is 0 Å². The number of fused-ring (bicyclic) bond motifs is 1. The lowest BCUT2D eigenvalue weighted by Crippen LogP contribution is -2.32. The van der Waals surface area contributed by atoms with Crippen molar-refractivity contribution in [3.63, 3.8) is 0 Å². The Hall–Kier alpha value is -1.88. The Bertz CT molecular complexity index is 974. The van der Waals surface area contributed by atoms with E-state index in [1.54, 1.807) is 57.3 Å². The smallest absolute Gasteiger partial charge is 0.407 e. The number of aromatic nitrogens is 1. The fourth-order valence-corrected chi connectivity index (χ4v) is 5.41. The average Bonchev–Trinajstić information content (AvgIpc) is 2.96. The van der Waals surface area contributed by atoms with Crippen molar-refractivity contribution < 1.29 is 17.9 Å². The molecule has 0 saturated heterocycles. The molecule has 150 valence electrons. The number of halogens is 1. The van der Waals surface area contributed by atoms with Crippen molar-refractivity contribution in [3.05, 3.63) is 53.7 Å². The number of sulfonamides is 1. The molecule has 2 heterocycles. The molecular formula is C19H22IN3O4S. The van der Waals surface area contributed by atoms with E-state index in [-0.39, 0.29) is 15.4 Å². The molecule has 3 rings (SSSR count). The van der Waals surface area contributed by atoms with E-state index in [0.717, 1.165) is 11.1 Å². The highest BCUT2D eigenvalue weighted by Gasteiger charge is 2.36. The van der Waals surface area contributed by atoms with Crippen molar-refractivity contribution in [1.29, 1.82) is 0 Å². The van der Waals surface area contributed by atoms with Gasteiger partial charge >= 0.3 is 6.09 Å². The third-order valence-corrected chi connectivity index (χ3v) is 6.85. The Morgan fingerprint density at radius 1 is 1.32 bits per heavy atom. The maximum atomic E-state index is 13.0. The summed E-state index contributed by atoms with van der Waals surface area (Å²) in [5, 5.41) is 2.69. The van der Waals surface area contributed by atoms with E-state index in [2.05, 4.69) is 32.9 Å². The Morgan fingerprint density at radius 3 is 2.64 bits per heavy atom. The number of carbonyl (C=O) groups excluding carboxylic acids is 1. The molecule has 0 spiro atoms. The van der Waals surface area contributed by atoms with Gasteiger partial charge in [0.05, 0.1) is 15.4 Å². The molecule has 1 N–H and O–H groups in total. The van der Waals surface area contributed by atoms with Crippen LogP contribution in [0.4, 0.5) is 10.6 Å². The minimum atomic E-state index is -3.67. The van der Waals surface area contributed by atoms with Gasteiger partial charge in [-0.25, -0.2) is 22.5 Å². The Balaban J connectivity index is 1.79. The third kappa shape index (κ3) is 4.57. The molecule has 0 aliphatic carbocycles. The van der Waals surface area contributed by atoms with E-state index in [0.29, 0.717) is 12.4 Å². The maximum absolute atomic E-state index is 13.0. The van der Waals surface area contributed by atoms with Crippen LogP contribution in [0.25, 0.3) is 0 Å². The van der Waals surface area contributed by atoms with E-state index in [1.165, 1.54) is 4.31 Å². The minimum Gasteiger partial charge on any atom is -0.444 e. The van der Waals surface area contributed by atoms with Crippen LogP contribution >= 0.6 is 22.6 Å². The average molecular weight is 515 g/mol. The van der Waals surface area contributed by atoms with Gasteiger partial charge in [0.25, 0.3) is 10.0 Å². The molecule has 0 radical (unpaired) electrons. The summed E-state index contributed by atoms with van der Waals surface area (Å²) in [6.45, 7) is 5.97. The quantitative estimate of drug-likeness (QED) is 0.495. The first-order valence-electron chi connectivity index (χ1n) is 8.75. The van der Waals surface area contributed by atoms with Crippen LogP contribution in [0.2, 0.25) is 0 Å². The zero-order chi connectivity index (χ0) is 20.5. The second-order valence-corrected chi connectivity index (χ2v) is 10.8. The van der Waals surface area contributed by atoms with Crippen LogP contribution in [-0.4, -0.2) is 31.6 Å². The number of alkyl carbamates (subject to hydrolysis) is 1. The highest BCUT2D eigenvalue weighted by molar-refractivity contribution is 14.1. The van der Waals surface area contributed by atoms with Crippen molar-refractivity contribution >= 4 is 44.5 Å². The topological polar surface area (TPSA) is 88.6 Å². The van der Waals surface area contributed by atoms with Gasteiger partial charge in [-0.1, -0.05) is 40.8 Å². The monoisotopic (exact) mass is 515 g/mol. The zero-order valence-corrected chi connectivity index (χ0v) is 18.8. The Morgan fingerprint density at radius 2 is 2.00 bits per heavy atom. The van der Waals surface area contributed by atoms with Crippen molar-refractivity contribution in [2.24, 2.45) is 0 Å². The number of hydrogen-bond donors (Lipinski definition) is 1. The molecule has 1 aliphatic rings. The van der Waals surface area contributed by atoms with Crippen molar-refractivity contribution in [2.75, 3.05) is 10.8 Å². The summed E-state index contributed by atoms with van der Waals surface area (Å²) >= 11 is 2.22. The molecule has 9 heteroatoms. The van der Waals surface area contributed by atoms with Gasteiger partial charge in [-0.05, 0) is 44.5 Å². The van der Waals surface area contributed by atoms with Crippen LogP contribution in [0, 0.1) is 0 Å². The molecule has 1 aromatic carbocycles. The molecule has 1 aromatic heterocycles. The van der Waals surface area contributed by atoms with Crippen molar-refractivity contribution in [3.8, 4) is 0 Å². The molecule has 7 nitrogen and oxygen atoms in total. The molecule has 1 aliphatic heterocycles. The Kier molecular flexibility index (Phi) is 5.85. The lowest BCUT2D eigenvalue weighted by atomic mass is 10.1. The van der Waals surface area contributed by atoms with Gasteiger partial charge < -0.3 is 10.1 Å². The maximum Gasteiger partial charge on any atom is 0.407 e. The molecular weight excluding hydrogens is 493 g/mol. The first kappa shape index (κ1) is 20.8. The summed E-state index contributed by atoms with van der Waals surface area (Å²) < 4.78 is 32.5. The number of pyridine rings is 1. The summed E-state index contributed by atoms with van der Waals surface area (Å²) in [4.78, 5) is 16.5. The normalized spacial score (nSPS) is 16.6. The Labute approximate surface area is 178 Å². The van der Waals surface area contributed by atoms with Gasteiger partial charge in [0.2, 0.25) is 0 Å². The predicted octanol–water partition coefficient (Wildman–Crippen LogP) is 3.79. The molecule has 1 unspecified atom stereocenters. The second kappa shape index (κ2) is 7.86. The number of amides is 1. The van der Waals surface area contributed by atoms with Crippen LogP contribution < -0.4 is 9.62 Å². The van der Waals surface area contributed by atoms with Gasteiger partial charge in [0, 0.05) is 18.3 Å². The number of benzene rings is 1. The van der Waals surface area contributed by atoms with Gasteiger partial charge in [-0.2, -0.15) is 0 Å². The molecule has 0 fully saturated rings. The molecule has 0 bridgehead atoms. The number of anilines is 1. The van der Waals surface area contributed by atoms with E-state index >= 15 is 0 Å². The van der Waals surface area contributed by atoms with E-state index in [1.807, 2.05) is 6.07 Å². The first-order valence-corrected chi connectivity index (χ1v) is 11.4. The lowest BCUT2D eigenvalue weighted by molar-refractivity contribution is 0.0523. The lowest BCUT2D eigenvalue weighted by Gasteiger charge is -2.20. The molecule has 1 atom stereocenters. The summed E-state index contributed by atoms with van der Waals surface area (Å²) in [5.74, 6) is 0.435. The molecule has 1 amide bonds. The summed E-state index contributed by atoms with van der Waals surface area (Å²) in [7, 11) is -3.67. The predicted molar refractivity (Wildman–Crippen MR) is 115 cm³/mol. The van der Waals surface area contributed by atoms with E-state index in [9.17, 15) is 13.2 Å². The number of nitrogens with one attached hydrogen (secondary N) is 1. The SMILES string of the molecule is CC(C)(C)OC(=O)NCc1cnc2c(c1)C(I)CN2S(=O)(=O)c1ccccc1. The number of rotatable bonds is 4. The highest BCUT2D eigenvalue weighted by atomic mass is 127. The molecule has 28 heavy (non-hydrogen) atoms. The zero-order valence-electron chi connectivity index (χ0n) is 15.8. The first-order chi connectivity index (χ1) is 13.1. The van der Waals surface area contributed by atoms with E-state index < -0.39 is 21.7 Å². The van der Waals surface area contributed by atoms with Gasteiger partial charge in [0.1, 0.15) is 11.4 Å². The molecule has 0 saturated carbocycles. The van der Waals surface area contributed by atoms with Gasteiger partial charge in [-0.15, -0.1) is 0 Å². The van der Waals surface area contributed by atoms with Gasteiger partial charge in [0.15, 0.2) is 0 Å². The van der Waals surface area contributed by atoms with Gasteiger partial charge in [-0.3, -0.25) is 0 Å². The summed E-state index contributed by atoms with van der Waals surface area (Å²) in [6.07, 6.45) is 1.07. The van der Waals surface area contributed by atoms with E-state index in [4.69, 9.17) is 4.74 Å². The summed E-state index contributed by atoms with van der Waals surface area (Å²) in [5.41, 5.74) is 1.05. The van der Waals surface area contributed by atoms with Crippen molar-refractivity contribution in [2.45, 2.75) is 41.7 Å². The van der Waals surface area contributed by atoms with Crippen LogP contribution in [0.15, 0.2) is 47.5 Å². The number of alkyl halides is 1. The molecule has 2 aromatic rings. The van der Waals surface area contributed by atoms with Crippen LogP contribution in [0.1, 0.15) is 35.8 Å². The second-order valence-electron chi connectivity index (χ2n) is 7.43. The fraction of sp³-hybridized carbons (Fsp3) is 0.368. The number of ether oxygens (including phenoxy) is 1. The highest BCUT2D eigenvalue weighted by Crippen LogP contribution is 2.41. The number of hydrogen-bond acceptors (Lipinski definition) is 5. The van der Waals surface area contributed by atoms with Crippen LogP contribution in [0.5, 0.6) is 0 Å². The third-order valence-electron chi connectivity index (χ3n) is 4.02. The van der Waals surface area contributed by atoms with Crippen LogP contribution in [-0.2, 0) is 21.3 Å². The standard InChI is InChI=1S/C19H22IN3O4S/c1-19(2,3)27-18(24)22-11-13-9-15-16(20)12-23(17(15)21-10-13)28(25,26)14-7-5-4-6-8-14/h4-10,16H,11-12H2,1-3H3,(H,22,24). The van der Waals surface area contributed by atoms with Crippen molar-refractivity contribution in [1.82, 2.24) is 10.3 Å². The number of nitrogens with zero attached hydrogens (tertiary/aromatic N) is 2. The summed E-state index contributed by atoms with van der Waals surface area (Å²) in [6, 6.07) is 10.2. The number of carbonyl (C=O) groups is 1. The minimum absolute atomic E-state index is 0.0277. The largest absolute Gasteiger partial charge is 0.444 e. The fourth-order valence-electron chi connectivity index (χ4n) is 2.81.